The number of allylic oxidation sites excluding steroid dienone is 2. The van der Waals surface area contributed by atoms with Gasteiger partial charge in [-0.05, 0) is 66.8 Å². The highest BCUT2D eigenvalue weighted by atomic mass is 16.6. The van der Waals surface area contributed by atoms with Crippen molar-refractivity contribution in [2.75, 3.05) is 40.5 Å². The molecule has 202 valence electrons. The van der Waals surface area contributed by atoms with E-state index in [1.807, 2.05) is 0 Å². The standard InChI is InChI=1S/C29H33NO8/c1-35-27-18-21(8-12-25(27)37-17-16-31)6-10-23(32)20-24(33)11-7-22-9-13-26(28(19-22)36-2)38-29(34)30-14-4-3-5-15-30/h6-13,18-19,31H,3-5,14-17,20H2,1-2H3/b10-6+,11-7+. The van der Waals surface area contributed by atoms with Crippen LogP contribution in [0.1, 0.15) is 36.8 Å². The van der Waals surface area contributed by atoms with E-state index >= 15 is 0 Å². The maximum absolute atomic E-state index is 12.4. The lowest BCUT2D eigenvalue weighted by molar-refractivity contribution is -0.121. The molecule has 0 spiro atoms. The van der Waals surface area contributed by atoms with E-state index in [9.17, 15) is 14.4 Å². The van der Waals surface area contributed by atoms with E-state index in [4.69, 9.17) is 24.1 Å². The molecule has 0 aliphatic carbocycles. The van der Waals surface area contributed by atoms with E-state index in [0.29, 0.717) is 47.2 Å². The fourth-order valence-corrected chi connectivity index (χ4v) is 3.84. The maximum Gasteiger partial charge on any atom is 0.415 e. The van der Waals surface area contributed by atoms with Crippen molar-refractivity contribution in [1.29, 1.82) is 0 Å². The third-order valence-electron chi connectivity index (χ3n) is 5.81. The van der Waals surface area contributed by atoms with Gasteiger partial charge in [0, 0.05) is 13.1 Å². The number of carbonyl (C=O) groups excluding carboxylic acids is 3. The lowest BCUT2D eigenvalue weighted by Crippen LogP contribution is -2.37. The zero-order valence-corrected chi connectivity index (χ0v) is 21.7. The van der Waals surface area contributed by atoms with Gasteiger partial charge in [-0.3, -0.25) is 9.59 Å². The molecule has 2 aromatic carbocycles. The number of likely N-dealkylation sites (tertiary alicyclic amines) is 1. The van der Waals surface area contributed by atoms with E-state index in [0.717, 1.165) is 19.3 Å². The Morgan fingerprint density at radius 3 is 1.92 bits per heavy atom. The summed E-state index contributed by atoms with van der Waals surface area (Å²) in [6.07, 6.45) is 8.18. The van der Waals surface area contributed by atoms with Crippen molar-refractivity contribution in [3.8, 4) is 23.0 Å². The zero-order chi connectivity index (χ0) is 27.3. The van der Waals surface area contributed by atoms with Crippen molar-refractivity contribution in [2.24, 2.45) is 0 Å². The number of rotatable bonds is 12. The number of carbonyl (C=O) groups is 3. The van der Waals surface area contributed by atoms with Crippen LogP contribution in [0.2, 0.25) is 0 Å². The Kier molecular flexibility index (Phi) is 10.9. The van der Waals surface area contributed by atoms with Crippen molar-refractivity contribution in [3.05, 3.63) is 59.7 Å². The lowest BCUT2D eigenvalue weighted by Gasteiger charge is -2.25. The second-order valence-electron chi connectivity index (χ2n) is 8.58. The van der Waals surface area contributed by atoms with Gasteiger partial charge in [0.2, 0.25) is 0 Å². The summed E-state index contributed by atoms with van der Waals surface area (Å²) in [6, 6.07) is 10.1. The number of hydrogen-bond donors (Lipinski definition) is 1. The van der Waals surface area contributed by atoms with Crippen molar-refractivity contribution < 1.29 is 38.4 Å². The van der Waals surface area contributed by atoms with Gasteiger partial charge in [-0.15, -0.1) is 0 Å². The summed E-state index contributed by atoms with van der Waals surface area (Å²) in [5, 5.41) is 8.90. The predicted octanol–water partition coefficient (Wildman–Crippen LogP) is 4.31. The quantitative estimate of drug-likeness (QED) is 0.324. The molecular weight excluding hydrogens is 490 g/mol. The summed E-state index contributed by atoms with van der Waals surface area (Å²) in [7, 11) is 2.97. The fourth-order valence-electron chi connectivity index (χ4n) is 3.84. The number of hydrogen-bond acceptors (Lipinski definition) is 8. The minimum Gasteiger partial charge on any atom is -0.493 e. The largest absolute Gasteiger partial charge is 0.493 e. The summed E-state index contributed by atoms with van der Waals surface area (Å²) in [5.41, 5.74) is 1.36. The van der Waals surface area contributed by atoms with Crippen LogP contribution >= 0.6 is 0 Å². The Bertz CT molecular complexity index is 1180. The molecule has 0 atom stereocenters. The molecule has 0 aromatic heterocycles. The van der Waals surface area contributed by atoms with Gasteiger partial charge in [0.05, 0.1) is 27.2 Å². The average molecular weight is 524 g/mol. The molecule has 1 N–H and O–H groups in total. The minimum absolute atomic E-state index is 0.116. The second-order valence-corrected chi connectivity index (χ2v) is 8.58. The minimum atomic E-state index is -0.405. The Labute approximate surface area is 222 Å². The van der Waals surface area contributed by atoms with Gasteiger partial charge < -0.3 is 29.0 Å². The molecule has 0 unspecified atom stereocenters. The first kappa shape index (κ1) is 28.5. The molecule has 3 rings (SSSR count). The average Bonchev–Trinajstić information content (AvgIpc) is 2.94. The van der Waals surface area contributed by atoms with E-state index in [1.54, 1.807) is 53.5 Å². The number of methoxy groups -OCH3 is 2. The molecule has 1 fully saturated rings. The highest BCUT2D eigenvalue weighted by Crippen LogP contribution is 2.30. The molecule has 9 heteroatoms. The molecule has 1 saturated heterocycles. The number of nitrogens with zero attached hydrogens (tertiary/aromatic N) is 1. The molecule has 1 amide bonds. The van der Waals surface area contributed by atoms with Crippen molar-refractivity contribution >= 4 is 29.8 Å². The summed E-state index contributed by atoms with van der Waals surface area (Å²) in [6.45, 7) is 1.38. The van der Waals surface area contributed by atoms with Crippen LogP contribution in [0.25, 0.3) is 12.2 Å². The third kappa shape index (κ3) is 8.48. The highest BCUT2D eigenvalue weighted by molar-refractivity contribution is 6.10. The van der Waals surface area contributed by atoms with E-state index in [2.05, 4.69) is 0 Å². The fraction of sp³-hybridized carbons (Fsp3) is 0.345. The van der Waals surface area contributed by atoms with E-state index < -0.39 is 6.09 Å². The number of ether oxygens (including phenoxy) is 4. The molecule has 0 radical (unpaired) electrons. The Hall–Kier alpha value is -4.11. The topological polar surface area (TPSA) is 112 Å². The van der Waals surface area contributed by atoms with Gasteiger partial charge in [0.15, 0.2) is 34.6 Å². The molecule has 0 saturated carbocycles. The summed E-state index contributed by atoms with van der Waals surface area (Å²) in [4.78, 5) is 38.7. The second kappa shape index (κ2) is 14.6. The lowest BCUT2D eigenvalue weighted by atomic mass is 10.1. The van der Waals surface area contributed by atoms with Crippen LogP contribution in [0.5, 0.6) is 23.0 Å². The maximum atomic E-state index is 12.4. The van der Waals surface area contributed by atoms with E-state index in [1.165, 1.54) is 26.4 Å². The Morgan fingerprint density at radius 2 is 1.37 bits per heavy atom. The number of ketones is 2. The molecule has 38 heavy (non-hydrogen) atoms. The van der Waals surface area contributed by atoms with Crippen LogP contribution in [-0.2, 0) is 9.59 Å². The van der Waals surface area contributed by atoms with Crippen LogP contribution in [0.4, 0.5) is 4.79 Å². The molecular formula is C29H33NO8. The number of benzene rings is 2. The predicted molar refractivity (Wildman–Crippen MR) is 143 cm³/mol. The SMILES string of the molecule is COc1cc(/C=C/C(=O)CC(=O)/C=C/c2ccc(OC(=O)N3CCCCC3)c(OC)c2)ccc1OCCO. The van der Waals surface area contributed by atoms with Crippen LogP contribution in [0.15, 0.2) is 48.6 Å². The van der Waals surface area contributed by atoms with Crippen molar-refractivity contribution in [3.63, 3.8) is 0 Å². The van der Waals surface area contributed by atoms with Gasteiger partial charge >= 0.3 is 6.09 Å². The number of amides is 1. The summed E-state index contributed by atoms with van der Waals surface area (Å²) >= 11 is 0. The number of piperidine rings is 1. The first-order chi connectivity index (χ1) is 18.4. The number of aliphatic hydroxyl groups excluding tert-OH is 1. The highest BCUT2D eigenvalue weighted by Gasteiger charge is 2.20. The number of aliphatic hydroxyl groups is 1. The monoisotopic (exact) mass is 523 g/mol. The van der Waals surface area contributed by atoms with Crippen LogP contribution in [-0.4, -0.2) is 68.2 Å². The molecule has 2 aromatic rings. The zero-order valence-electron chi connectivity index (χ0n) is 21.7. The van der Waals surface area contributed by atoms with Gasteiger partial charge in [0.1, 0.15) is 6.61 Å². The first-order valence-electron chi connectivity index (χ1n) is 12.4. The van der Waals surface area contributed by atoms with Gasteiger partial charge in [-0.25, -0.2) is 4.79 Å². The van der Waals surface area contributed by atoms with Gasteiger partial charge in [-0.1, -0.05) is 24.3 Å². The molecule has 9 nitrogen and oxygen atoms in total. The molecule has 1 aliphatic rings. The summed E-state index contributed by atoms with van der Waals surface area (Å²) < 4.78 is 21.5. The van der Waals surface area contributed by atoms with Crippen LogP contribution < -0.4 is 18.9 Å². The van der Waals surface area contributed by atoms with Crippen molar-refractivity contribution in [2.45, 2.75) is 25.7 Å². The van der Waals surface area contributed by atoms with Gasteiger partial charge in [0.25, 0.3) is 0 Å². The molecule has 1 heterocycles. The van der Waals surface area contributed by atoms with E-state index in [-0.39, 0.29) is 31.2 Å². The first-order valence-corrected chi connectivity index (χ1v) is 12.4. The normalized spacial score (nSPS) is 13.5. The van der Waals surface area contributed by atoms with Gasteiger partial charge in [-0.2, -0.15) is 0 Å². The molecule has 0 bridgehead atoms. The third-order valence-corrected chi connectivity index (χ3v) is 5.81. The summed E-state index contributed by atoms with van der Waals surface area (Å²) in [5.74, 6) is 0.912. The van der Waals surface area contributed by atoms with Crippen molar-refractivity contribution in [1.82, 2.24) is 4.90 Å². The van der Waals surface area contributed by atoms with Crippen LogP contribution in [0.3, 0.4) is 0 Å². The Balaban J connectivity index is 1.55. The van der Waals surface area contributed by atoms with Crippen LogP contribution in [0, 0.1) is 0 Å². The molecule has 1 aliphatic heterocycles. The smallest absolute Gasteiger partial charge is 0.415 e. The Morgan fingerprint density at radius 1 is 0.816 bits per heavy atom.